The molecule has 2 aromatic rings. The summed E-state index contributed by atoms with van der Waals surface area (Å²) >= 11 is 0. The molecule has 0 aromatic carbocycles. The number of nitrogens with zero attached hydrogens (tertiary/aromatic N) is 4. The number of nitro groups is 1. The zero-order valence-electron chi connectivity index (χ0n) is 11.7. The monoisotopic (exact) mass is 289 g/mol. The molecule has 21 heavy (non-hydrogen) atoms. The van der Waals surface area contributed by atoms with E-state index < -0.39 is 4.92 Å². The van der Waals surface area contributed by atoms with Gasteiger partial charge < -0.3 is 10.1 Å². The Morgan fingerprint density at radius 3 is 2.71 bits per heavy atom. The maximum Gasteiger partial charge on any atom is 0.297 e. The van der Waals surface area contributed by atoms with Crippen molar-refractivity contribution in [3.05, 3.63) is 34.6 Å². The fourth-order valence-electron chi connectivity index (χ4n) is 1.76. The van der Waals surface area contributed by atoms with Crippen molar-refractivity contribution in [3.63, 3.8) is 0 Å². The fraction of sp³-hybridized carbons (Fsp3) is 0.308. The summed E-state index contributed by atoms with van der Waals surface area (Å²) in [5.74, 6) is 0.742. The van der Waals surface area contributed by atoms with Gasteiger partial charge in [-0.25, -0.2) is 15.0 Å². The van der Waals surface area contributed by atoms with Crippen molar-refractivity contribution in [3.8, 4) is 17.3 Å². The van der Waals surface area contributed by atoms with Crippen LogP contribution in [0.3, 0.4) is 0 Å². The van der Waals surface area contributed by atoms with Crippen LogP contribution in [0.2, 0.25) is 0 Å². The molecule has 0 amide bonds. The second kappa shape index (κ2) is 6.60. The van der Waals surface area contributed by atoms with E-state index in [2.05, 4.69) is 20.3 Å². The molecule has 2 rings (SSSR count). The first-order valence-electron chi connectivity index (χ1n) is 6.42. The molecule has 1 N–H and O–H groups in total. The van der Waals surface area contributed by atoms with Gasteiger partial charge in [-0.15, -0.1) is 0 Å². The molecule has 2 heterocycles. The van der Waals surface area contributed by atoms with Gasteiger partial charge in [-0.05, 0) is 12.5 Å². The van der Waals surface area contributed by atoms with E-state index in [0.717, 1.165) is 13.0 Å². The van der Waals surface area contributed by atoms with E-state index in [1.54, 1.807) is 6.07 Å². The summed E-state index contributed by atoms with van der Waals surface area (Å²) in [5, 5.41) is 14.3. The average molecular weight is 289 g/mol. The molecule has 110 valence electrons. The van der Waals surface area contributed by atoms with E-state index in [9.17, 15) is 10.1 Å². The largest absolute Gasteiger partial charge is 0.479 e. The number of rotatable bonds is 6. The molecule has 0 saturated carbocycles. The Bertz CT molecular complexity index is 647. The van der Waals surface area contributed by atoms with Crippen molar-refractivity contribution < 1.29 is 9.66 Å². The zero-order chi connectivity index (χ0) is 15.2. The molecule has 0 aliphatic heterocycles. The highest BCUT2D eigenvalue weighted by Gasteiger charge is 2.22. The number of aromatic nitrogens is 3. The summed E-state index contributed by atoms with van der Waals surface area (Å²) in [6.07, 6.45) is 3.81. The Balaban J connectivity index is 2.55. The van der Waals surface area contributed by atoms with E-state index in [4.69, 9.17) is 4.74 Å². The molecule has 0 unspecified atom stereocenters. The zero-order valence-corrected chi connectivity index (χ0v) is 11.7. The molecule has 0 saturated heterocycles. The fourth-order valence-corrected chi connectivity index (χ4v) is 1.76. The first-order chi connectivity index (χ1) is 10.2. The van der Waals surface area contributed by atoms with Crippen LogP contribution in [0, 0.1) is 10.1 Å². The molecule has 0 bridgehead atoms. The molecule has 0 fully saturated rings. The minimum Gasteiger partial charge on any atom is -0.479 e. The van der Waals surface area contributed by atoms with Crippen molar-refractivity contribution in [1.82, 2.24) is 15.0 Å². The number of nitrogens with one attached hydrogen (secondary N) is 1. The summed E-state index contributed by atoms with van der Waals surface area (Å²) in [7, 11) is 1.43. The minimum atomic E-state index is -0.500. The van der Waals surface area contributed by atoms with Gasteiger partial charge in [0.15, 0.2) is 11.4 Å². The number of hydrogen-bond donors (Lipinski definition) is 1. The normalized spacial score (nSPS) is 10.2. The van der Waals surface area contributed by atoms with Gasteiger partial charge in [-0.2, -0.15) is 0 Å². The second-order valence-corrected chi connectivity index (χ2v) is 4.16. The molecular weight excluding hydrogens is 274 g/mol. The first kappa shape index (κ1) is 14.6. The van der Waals surface area contributed by atoms with Gasteiger partial charge in [0.1, 0.15) is 5.82 Å². The minimum absolute atomic E-state index is 0.131. The molecule has 8 nitrogen and oxygen atoms in total. The van der Waals surface area contributed by atoms with E-state index in [1.807, 2.05) is 6.92 Å². The van der Waals surface area contributed by atoms with Crippen LogP contribution in [-0.4, -0.2) is 33.5 Å². The molecule has 2 aromatic heterocycles. The summed E-state index contributed by atoms with van der Waals surface area (Å²) in [6.45, 7) is 2.74. The van der Waals surface area contributed by atoms with Crippen LogP contribution in [0.15, 0.2) is 24.5 Å². The Kier molecular flexibility index (Phi) is 4.60. The molecular formula is C13H15N5O3. The Morgan fingerprint density at radius 1 is 1.29 bits per heavy atom. The summed E-state index contributed by atoms with van der Waals surface area (Å²) in [4.78, 5) is 23.1. The van der Waals surface area contributed by atoms with Crippen LogP contribution < -0.4 is 10.1 Å². The summed E-state index contributed by atoms with van der Waals surface area (Å²) < 4.78 is 5.10. The van der Waals surface area contributed by atoms with Gasteiger partial charge in [0.2, 0.25) is 5.88 Å². The standard InChI is InChI=1S/C13H15N5O3/c1-3-6-14-10-5-4-9(18(19)20)11(17-10)12-13(21-2)16-8-7-15-12/h4-5,7-8H,3,6H2,1-2H3,(H,14,17). The molecule has 0 radical (unpaired) electrons. The lowest BCUT2D eigenvalue weighted by molar-refractivity contribution is -0.384. The average Bonchev–Trinajstić information content (AvgIpc) is 2.52. The number of hydrogen-bond acceptors (Lipinski definition) is 7. The lowest BCUT2D eigenvalue weighted by atomic mass is 10.2. The Labute approximate surface area is 121 Å². The van der Waals surface area contributed by atoms with Gasteiger partial charge in [-0.3, -0.25) is 10.1 Å². The van der Waals surface area contributed by atoms with Crippen molar-refractivity contribution in [2.75, 3.05) is 19.0 Å². The predicted octanol–water partition coefficient (Wildman–Crippen LogP) is 2.28. The highest BCUT2D eigenvalue weighted by Crippen LogP contribution is 2.32. The third-order valence-corrected chi connectivity index (χ3v) is 2.71. The highest BCUT2D eigenvalue weighted by atomic mass is 16.6. The SMILES string of the molecule is CCCNc1ccc([N+](=O)[O-])c(-c2nccnc2OC)n1. The molecule has 0 spiro atoms. The molecule has 8 heteroatoms. The van der Waals surface area contributed by atoms with Gasteiger partial charge >= 0.3 is 0 Å². The van der Waals surface area contributed by atoms with Gasteiger partial charge in [0.25, 0.3) is 5.69 Å². The number of ether oxygens (including phenoxy) is 1. The Morgan fingerprint density at radius 2 is 2.05 bits per heavy atom. The maximum absolute atomic E-state index is 11.2. The van der Waals surface area contributed by atoms with E-state index >= 15 is 0 Å². The topological polar surface area (TPSA) is 103 Å². The predicted molar refractivity (Wildman–Crippen MR) is 77.3 cm³/mol. The highest BCUT2D eigenvalue weighted by molar-refractivity contribution is 5.71. The quantitative estimate of drug-likeness (QED) is 0.642. The number of pyridine rings is 1. The summed E-state index contributed by atoms with van der Waals surface area (Å²) in [5.41, 5.74) is 0.230. The molecule has 0 aliphatic rings. The van der Waals surface area contributed by atoms with E-state index in [0.29, 0.717) is 5.82 Å². The molecule has 0 aliphatic carbocycles. The van der Waals surface area contributed by atoms with Crippen molar-refractivity contribution in [1.29, 1.82) is 0 Å². The Hall–Kier alpha value is -2.77. The lowest BCUT2D eigenvalue weighted by Crippen LogP contribution is -2.05. The third kappa shape index (κ3) is 3.22. The van der Waals surface area contributed by atoms with Gasteiger partial charge in [0, 0.05) is 25.0 Å². The first-order valence-corrected chi connectivity index (χ1v) is 6.42. The number of anilines is 1. The van der Waals surface area contributed by atoms with Gasteiger partial charge in [-0.1, -0.05) is 6.92 Å². The summed E-state index contributed by atoms with van der Waals surface area (Å²) in [6, 6.07) is 2.97. The van der Waals surface area contributed by atoms with Crippen LogP contribution in [0.5, 0.6) is 5.88 Å². The van der Waals surface area contributed by atoms with E-state index in [-0.39, 0.29) is 23.0 Å². The van der Waals surface area contributed by atoms with Crippen LogP contribution in [0.4, 0.5) is 11.5 Å². The second-order valence-electron chi connectivity index (χ2n) is 4.16. The van der Waals surface area contributed by atoms with Crippen LogP contribution in [-0.2, 0) is 0 Å². The van der Waals surface area contributed by atoms with Crippen molar-refractivity contribution in [2.24, 2.45) is 0 Å². The maximum atomic E-state index is 11.2. The van der Waals surface area contributed by atoms with Crippen molar-refractivity contribution in [2.45, 2.75) is 13.3 Å². The van der Waals surface area contributed by atoms with Gasteiger partial charge in [0.05, 0.1) is 12.0 Å². The van der Waals surface area contributed by atoms with E-state index in [1.165, 1.54) is 25.6 Å². The molecule has 0 atom stereocenters. The van der Waals surface area contributed by atoms with Crippen LogP contribution in [0.25, 0.3) is 11.4 Å². The third-order valence-electron chi connectivity index (χ3n) is 2.71. The van der Waals surface area contributed by atoms with Crippen molar-refractivity contribution >= 4 is 11.5 Å². The number of methoxy groups -OCH3 is 1. The van der Waals surface area contributed by atoms with Crippen LogP contribution >= 0.6 is 0 Å². The lowest BCUT2D eigenvalue weighted by Gasteiger charge is -2.08. The smallest absolute Gasteiger partial charge is 0.297 e. The van der Waals surface area contributed by atoms with Crippen LogP contribution in [0.1, 0.15) is 13.3 Å².